The summed E-state index contributed by atoms with van der Waals surface area (Å²) in [6, 6.07) is 6.93. The molecule has 1 aliphatic rings. The molecule has 0 unspecified atom stereocenters. The highest BCUT2D eigenvalue weighted by Crippen LogP contribution is 2.34. The summed E-state index contributed by atoms with van der Waals surface area (Å²) in [5, 5.41) is 0. The van der Waals surface area contributed by atoms with Crippen molar-refractivity contribution in [3.63, 3.8) is 0 Å². The number of hydrogen-bond acceptors (Lipinski definition) is 2. The van der Waals surface area contributed by atoms with Crippen molar-refractivity contribution in [3.8, 4) is 0 Å². The van der Waals surface area contributed by atoms with Crippen molar-refractivity contribution in [1.82, 2.24) is 4.90 Å². The Hall–Kier alpha value is -1.64. The lowest BCUT2D eigenvalue weighted by Crippen LogP contribution is -2.46. The van der Waals surface area contributed by atoms with Crippen LogP contribution in [0.4, 0.5) is 0 Å². The Morgan fingerprint density at radius 1 is 1.11 bits per heavy atom. The van der Waals surface area contributed by atoms with Crippen molar-refractivity contribution in [2.45, 2.75) is 40.2 Å². The molecule has 0 aliphatic carbocycles. The zero-order valence-electron chi connectivity index (χ0n) is 11.4. The lowest BCUT2D eigenvalue weighted by Gasteiger charge is -2.36. The normalized spacial score (nSPS) is 17.0. The van der Waals surface area contributed by atoms with Gasteiger partial charge in [-0.1, -0.05) is 32.9 Å². The van der Waals surface area contributed by atoms with Crippen molar-refractivity contribution in [2.75, 3.05) is 0 Å². The van der Waals surface area contributed by atoms with Gasteiger partial charge >= 0.3 is 0 Å². The van der Waals surface area contributed by atoms with Gasteiger partial charge in [0.25, 0.3) is 11.8 Å². The van der Waals surface area contributed by atoms with E-state index in [0.29, 0.717) is 11.1 Å². The van der Waals surface area contributed by atoms with E-state index in [1.54, 1.807) is 24.3 Å². The molecule has 0 bridgehead atoms. The molecule has 0 aromatic heterocycles. The van der Waals surface area contributed by atoms with Crippen molar-refractivity contribution < 1.29 is 9.59 Å². The van der Waals surface area contributed by atoms with E-state index >= 15 is 0 Å². The minimum atomic E-state index is -0.162. The van der Waals surface area contributed by atoms with Gasteiger partial charge in [-0.05, 0) is 30.9 Å². The van der Waals surface area contributed by atoms with E-state index in [2.05, 4.69) is 20.8 Å². The Bertz CT molecular complexity index is 470. The molecule has 1 aromatic carbocycles. The molecule has 2 rings (SSSR count). The molecule has 1 heterocycles. The van der Waals surface area contributed by atoms with Crippen LogP contribution in [0.25, 0.3) is 0 Å². The Labute approximate surface area is 108 Å². The lowest BCUT2D eigenvalue weighted by molar-refractivity contribution is 0.0459. The Balaban J connectivity index is 2.40. The van der Waals surface area contributed by atoms with Crippen LogP contribution in [0.2, 0.25) is 0 Å². The van der Waals surface area contributed by atoms with E-state index < -0.39 is 0 Å². The number of carbonyl (C=O) groups is 2. The molecule has 0 spiro atoms. The fraction of sp³-hybridized carbons (Fsp3) is 0.467. The number of imide groups is 1. The standard InChI is InChI=1S/C15H19NO2/c1-5-15(3,4)10(2)16-13(17)11-8-6-7-9-12(11)14(16)18/h6-10H,5H2,1-4H3/t10-/m1/s1. The number of amides is 2. The van der Waals surface area contributed by atoms with Crippen LogP contribution in [0.15, 0.2) is 24.3 Å². The zero-order valence-corrected chi connectivity index (χ0v) is 11.4. The van der Waals surface area contributed by atoms with E-state index in [1.165, 1.54) is 4.90 Å². The number of benzene rings is 1. The fourth-order valence-electron chi connectivity index (χ4n) is 2.20. The first-order chi connectivity index (χ1) is 8.40. The molecule has 1 aliphatic heterocycles. The smallest absolute Gasteiger partial charge is 0.261 e. The maximum atomic E-state index is 12.3. The van der Waals surface area contributed by atoms with Gasteiger partial charge in [0.2, 0.25) is 0 Å². The highest BCUT2D eigenvalue weighted by atomic mass is 16.2. The molecule has 96 valence electrons. The van der Waals surface area contributed by atoms with Crippen molar-refractivity contribution in [1.29, 1.82) is 0 Å². The van der Waals surface area contributed by atoms with Crippen LogP contribution in [0, 0.1) is 5.41 Å². The van der Waals surface area contributed by atoms with Gasteiger partial charge in [-0.3, -0.25) is 14.5 Å². The van der Waals surface area contributed by atoms with E-state index in [4.69, 9.17) is 0 Å². The number of rotatable bonds is 3. The van der Waals surface area contributed by atoms with Crippen LogP contribution in [0.3, 0.4) is 0 Å². The van der Waals surface area contributed by atoms with E-state index in [0.717, 1.165) is 6.42 Å². The van der Waals surface area contributed by atoms with Crippen molar-refractivity contribution in [3.05, 3.63) is 35.4 Å². The zero-order chi connectivity index (χ0) is 13.5. The summed E-state index contributed by atoms with van der Waals surface area (Å²) in [7, 11) is 0. The van der Waals surface area contributed by atoms with E-state index in [1.807, 2.05) is 6.92 Å². The summed E-state index contributed by atoms with van der Waals surface area (Å²) < 4.78 is 0. The molecule has 18 heavy (non-hydrogen) atoms. The number of carbonyl (C=O) groups excluding carboxylic acids is 2. The predicted octanol–water partition coefficient (Wildman–Crippen LogP) is 3.11. The van der Waals surface area contributed by atoms with E-state index in [-0.39, 0.29) is 23.3 Å². The van der Waals surface area contributed by atoms with Crippen LogP contribution in [0.1, 0.15) is 54.8 Å². The first-order valence-electron chi connectivity index (χ1n) is 6.37. The van der Waals surface area contributed by atoms with Crippen LogP contribution in [-0.4, -0.2) is 22.8 Å². The second-order valence-corrected chi connectivity index (χ2v) is 5.54. The molecule has 2 amide bonds. The number of fused-ring (bicyclic) bond motifs is 1. The van der Waals surface area contributed by atoms with Gasteiger partial charge in [0.1, 0.15) is 0 Å². The second kappa shape index (κ2) is 4.23. The monoisotopic (exact) mass is 245 g/mol. The van der Waals surface area contributed by atoms with Crippen LogP contribution >= 0.6 is 0 Å². The Kier molecular flexibility index (Phi) is 3.01. The van der Waals surface area contributed by atoms with Gasteiger partial charge in [-0.25, -0.2) is 0 Å². The summed E-state index contributed by atoms with van der Waals surface area (Å²) in [5.74, 6) is -0.325. The third kappa shape index (κ3) is 1.74. The molecule has 1 aromatic rings. The highest BCUT2D eigenvalue weighted by Gasteiger charge is 2.42. The molecule has 0 N–H and O–H groups in total. The minimum absolute atomic E-state index is 0.0760. The first-order valence-corrected chi connectivity index (χ1v) is 6.37. The third-order valence-corrected chi connectivity index (χ3v) is 4.25. The van der Waals surface area contributed by atoms with Crippen molar-refractivity contribution >= 4 is 11.8 Å². The maximum Gasteiger partial charge on any atom is 0.261 e. The molecule has 0 fully saturated rings. The molecule has 1 atom stereocenters. The van der Waals surface area contributed by atoms with Gasteiger partial charge in [0, 0.05) is 6.04 Å². The Morgan fingerprint density at radius 2 is 1.56 bits per heavy atom. The largest absolute Gasteiger partial charge is 0.271 e. The van der Waals surface area contributed by atoms with E-state index in [9.17, 15) is 9.59 Å². The summed E-state index contributed by atoms with van der Waals surface area (Å²) in [6.45, 7) is 8.20. The summed E-state index contributed by atoms with van der Waals surface area (Å²) in [4.78, 5) is 26.0. The minimum Gasteiger partial charge on any atom is -0.271 e. The van der Waals surface area contributed by atoms with Crippen LogP contribution in [-0.2, 0) is 0 Å². The number of hydrogen-bond donors (Lipinski definition) is 0. The maximum absolute atomic E-state index is 12.3. The Morgan fingerprint density at radius 3 is 1.94 bits per heavy atom. The quantitative estimate of drug-likeness (QED) is 0.767. The molecule has 0 saturated heterocycles. The molecule has 3 nitrogen and oxygen atoms in total. The SMILES string of the molecule is CCC(C)(C)[C@@H](C)N1C(=O)c2ccccc2C1=O. The van der Waals surface area contributed by atoms with Gasteiger partial charge in [0.15, 0.2) is 0 Å². The fourth-order valence-corrected chi connectivity index (χ4v) is 2.20. The number of nitrogens with zero attached hydrogens (tertiary/aromatic N) is 1. The molecular formula is C15H19NO2. The summed E-state index contributed by atoms with van der Waals surface area (Å²) in [5.41, 5.74) is 0.982. The topological polar surface area (TPSA) is 37.4 Å². The molecule has 0 saturated carbocycles. The van der Waals surface area contributed by atoms with Gasteiger partial charge in [0.05, 0.1) is 11.1 Å². The van der Waals surface area contributed by atoms with Gasteiger partial charge in [-0.15, -0.1) is 0 Å². The second-order valence-electron chi connectivity index (χ2n) is 5.54. The lowest BCUT2D eigenvalue weighted by atomic mass is 9.82. The summed E-state index contributed by atoms with van der Waals surface area (Å²) in [6.07, 6.45) is 0.918. The van der Waals surface area contributed by atoms with Crippen molar-refractivity contribution in [2.24, 2.45) is 5.41 Å². The van der Waals surface area contributed by atoms with Crippen LogP contribution < -0.4 is 0 Å². The first kappa shape index (κ1) is 12.8. The summed E-state index contributed by atoms with van der Waals surface area (Å²) >= 11 is 0. The third-order valence-electron chi connectivity index (χ3n) is 4.25. The molecule has 3 heteroatoms. The average Bonchev–Trinajstić information content (AvgIpc) is 2.62. The van der Waals surface area contributed by atoms with Gasteiger partial charge < -0.3 is 0 Å². The molecule has 0 radical (unpaired) electrons. The highest BCUT2D eigenvalue weighted by molar-refractivity contribution is 6.21. The predicted molar refractivity (Wildman–Crippen MR) is 70.5 cm³/mol. The van der Waals surface area contributed by atoms with Gasteiger partial charge in [-0.2, -0.15) is 0 Å². The molecular weight excluding hydrogens is 226 g/mol. The van der Waals surface area contributed by atoms with Crippen LogP contribution in [0.5, 0.6) is 0 Å². The average molecular weight is 245 g/mol.